The molecule has 125 heavy (non-hydrogen) atoms. The maximum Gasteiger partial charge on any atom is 0.0536 e. The molecule has 5 aliphatic rings. The quantitative estimate of drug-likeness (QED) is 0.164. The number of nitrogens with zero attached hydrogens (tertiary/aromatic N) is 5. The fourth-order valence-electron chi connectivity index (χ4n) is 21.2. The molecule has 0 saturated carbocycles. The van der Waals surface area contributed by atoms with Crippen molar-refractivity contribution in [2.45, 2.75) is 201 Å². The number of para-hydroxylation sites is 5. The first-order valence-corrected chi connectivity index (χ1v) is 46.9. The van der Waals surface area contributed by atoms with Crippen LogP contribution in [0.2, 0.25) is 0 Å². The van der Waals surface area contributed by atoms with Gasteiger partial charge in [-0.2, -0.15) is 0 Å². The highest BCUT2D eigenvalue weighted by atomic mass is 15.0. The van der Waals surface area contributed by atoms with Crippen molar-refractivity contribution in [3.05, 3.63) is 359 Å². The van der Waals surface area contributed by atoms with Gasteiger partial charge in [0.05, 0.1) is 5.52 Å². The molecule has 0 aliphatic heterocycles. The number of benzene rings is 15. The Morgan fingerprint density at radius 3 is 0.960 bits per heavy atom. The number of hydrogen-bond donors (Lipinski definition) is 0. The third-order valence-electron chi connectivity index (χ3n) is 25.8. The van der Waals surface area contributed by atoms with Gasteiger partial charge in [-0.05, 0) is 273 Å². The summed E-state index contributed by atoms with van der Waals surface area (Å²) in [6.07, 6.45) is 5.27. The molecule has 15 aromatic carbocycles. The second kappa shape index (κ2) is 36.6. The van der Waals surface area contributed by atoms with Crippen LogP contribution in [-0.2, 0) is 32.1 Å². The third-order valence-corrected chi connectivity index (χ3v) is 25.8. The van der Waals surface area contributed by atoms with Gasteiger partial charge in [-0.3, -0.25) is 0 Å². The number of rotatable bonds is 5. The molecule has 0 fully saturated rings. The van der Waals surface area contributed by atoms with E-state index in [0.29, 0.717) is 30.2 Å². The lowest BCUT2D eigenvalue weighted by Gasteiger charge is -2.14. The number of aromatic nitrogens is 5. The Labute approximate surface area is 742 Å². The Kier molecular flexibility index (Phi) is 25.1. The topological polar surface area (TPSA) is 24.6 Å². The molecule has 0 saturated heterocycles. The van der Waals surface area contributed by atoms with Crippen LogP contribution in [0.25, 0.3) is 165 Å². The maximum atomic E-state index is 2.52. The molecule has 0 N–H and O–H groups in total. The first kappa shape index (κ1) is 85.8. The first-order valence-electron chi connectivity index (χ1n) is 46.9. The molecule has 0 radical (unpaired) electrons. The van der Waals surface area contributed by atoms with Crippen molar-refractivity contribution in [1.29, 1.82) is 0 Å². The van der Waals surface area contributed by atoms with Crippen LogP contribution in [0.5, 0.6) is 0 Å². The third kappa shape index (κ3) is 14.7. The summed E-state index contributed by atoms with van der Waals surface area (Å²) in [6, 6.07) is 114. The molecule has 20 aromatic rings. The van der Waals surface area contributed by atoms with Crippen LogP contribution < -0.4 is 0 Å². The minimum absolute atomic E-state index is 0.451. The van der Waals surface area contributed by atoms with E-state index < -0.39 is 0 Å². The van der Waals surface area contributed by atoms with Crippen molar-refractivity contribution in [3.63, 3.8) is 0 Å². The van der Waals surface area contributed by atoms with E-state index in [9.17, 15) is 0 Å². The highest BCUT2D eigenvalue weighted by molar-refractivity contribution is 6.18. The molecule has 25 rings (SSSR count). The van der Waals surface area contributed by atoms with Gasteiger partial charge in [-0.1, -0.05) is 306 Å². The van der Waals surface area contributed by atoms with Crippen LogP contribution in [-0.4, -0.2) is 22.8 Å². The van der Waals surface area contributed by atoms with Gasteiger partial charge in [-0.25, -0.2) is 0 Å². The van der Waals surface area contributed by atoms with E-state index in [0.717, 1.165) is 32.1 Å². The first-order chi connectivity index (χ1) is 61.2. The monoisotopic (exact) mass is 1640 g/mol. The Morgan fingerprint density at radius 2 is 0.480 bits per heavy atom. The lowest BCUT2D eigenvalue weighted by Crippen LogP contribution is -2.01. The molecule has 5 aromatic heterocycles. The molecule has 5 heteroatoms. The Balaban J connectivity index is 0.000000112. The molecule has 5 nitrogen and oxygen atoms in total. The second-order valence-electron chi connectivity index (χ2n) is 34.1. The van der Waals surface area contributed by atoms with Crippen molar-refractivity contribution in [3.8, 4) is 55.6 Å². The van der Waals surface area contributed by atoms with E-state index in [2.05, 4.69) is 395 Å². The summed E-state index contributed by atoms with van der Waals surface area (Å²) >= 11 is 0. The standard InChI is InChI=1S/5C22H19N.5C2H6/c1-14(2)23-21-10-6-5-9-18(21)20-13-19-16(12-22(20)23)11-15-7-3-4-8-17(15)19;1-14(2)23-21-10-6-5-9-18(21)20-12-16-11-15-7-3-4-8-17(15)19(16)13-22(20)23;1-14(2)23-19-10-6-5-9-18(19)22-20(23)12-11-16-13-15-7-3-4-8-17(15)21(16)22;1-14(2)23-20-10-6-5-9-18(20)22-19-13-15-7-3-4-8-16(15)17(19)11-12-21(22)23;1-14(2)23-21-10-6-5-9-18(21)19-12-11-17-16-8-4-3-7-15(16)13-20(17)22(19)23;5*1-2/h2*3-10,12-14H,11H2,1-2H3;3*3-12,14H,13H2,1-2H3;5*1-2H3. The van der Waals surface area contributed by atoms with Gasteiger partial charge in [0.1, 0.15) is 0 Å². The summed E-state index contributed by atoms with van der Waals surface area (Å²) in [4.78, 5) is 0. The molecule has 0 spiro atoms. The zero-order valence-electron chi connectivity index (χ0n) is 77.5. The largest absolute Gasteiger partial charge is 0.338 e. The fraction of sp³-hybridized carbons (Fsp3) is 0.250. The molecule has 0 bridgehead atoms. The van der Waals surface area contributed by atoms with Crippen LogP contribution in [0.15, 0.2) is 303 Å². The SMILES string of the molecule is CC.CC.CC.CC.CC.CC(C)n1c2ccccc2c2c3c(ccc21)-c1ccccc1C3.CC(C)n1c2ccccc2c2c3c(ccc21)Cc1ccccc1-3.CC(C)n1c2ccccc2c2cc3c(cc21)-c1ccccc1C3.CC(C)n1c2ccccc2c2cc3c(cc21)Cc1ccccc1-3.CC(C)n1c2ccccc2c2ccc3c(c21)Cc1ccccc1-3. The van der Waals surface area contributed by atoms with E-state index in [4.69, 9.17) is 0 Å². The Hall–Kier alpha value is -12.7. The molecule has 0 amide bonds. The van der Waals surface area contributed by atoms with Crippen molar-refractivity contribution in [1.82, 2.24) is 22.8 Å². The molecule has 5 aliphatic carbocycles. The predicted octanol–water partition coefficient (Wildman–Crippen LogP) is 34.9. The fourth-order valence-corrected chi connectivity index (χ4v) is 21.2. The molecule has 5 heterocycles. The molecular formula is C120H125N5. The van der Waals surface area contributed by atoms with E-state index in [1.807, 2.05) is 69.2 Å². The van der Waals surface area contributed by atoms with Crippen molar-refractivity contribution in [2.24, 2.45) is 0 Å². The van der Waals surface area contributed by atoms with Crippen molar-refractivity contribution in [2.75, 3.05) is 0 Å². The zero-order chi connectivity index (χ0) is 87.8. The van der Waals surface area contributed by atoms with Crippen molar-refractivity contribution < 1.29 is 0 Å². The zero-order valence-corrected chi connectivity index (χ0v) is 77.5. The van der Waals surface area contributed by atoms with Gasteiger partial charge in [0.2, 0.25) is 0 Å². The molecule has 630 valence electrons. The second-order valence-corrected chi connectivity index (χ2v) is 34.1. The van der Waals surface area contributed by atoms with Gasteiger partial charge in [0.15, 0.2) is 0 Å². The molecular weight excluding hydrogens is 1510 g/mol. The van der Waals surface area contributed by atoms with Crippen LogP contribution in [0.3, 0.4) is 0 Å². The van der Waals surface area contributed by atoms with E-state index in [1.54, 1.807) is 0 Å². The summed E-state index contributed by atoms with van der Waals surface area (Å²) in [5.74, 6) is 0. The van der Waals surface area contributed by atoms with Gasteiger partial charge in [0, 0.05) is 140 Å². The predicted molar refractivity (Wildman–Crippen MR) is 547 cm³/mol. The highest BCUT2D eigenvalue weighted by Gasteiger charge is 2.30. The minimum Gasteiger partial charge on any atom is -0.338 e. The van der Waals surface area contributed by atoms with Gasteiger partial charge in [-0.15, -0.1) is 0 Å². The Morgan fingerprint density at radius 1 is 0.176 bits per heavy atom. The van der Waals surface area contributed by atoms with E-state index >= 15 is 0 Å². The average molecular weight is 1640 g/mol. The minimum atomic E-state index is 0.451. The maximum absolute atomic E-state index is 2.52. The smallest absolute Gasteiger partial charge is 0.0536 e. The van der Waals surface area contributed by atoms with Crippen molar-refractivity contribution >= 4 is 109 Å². The van der Waals surface area contributed by atoms with Crippen LogP contribution in [0.1, 0.15) is 224 Å². The summed E-state index contributed by atoms with van der Waals surface area (Å²) in [5, 5.41) is 13.9. The summed E-state index contributed by atoms with van der Waals surface area (Å²) in [5.41, 5.74) is 42.4. The van der Waals surface area contributed by atoms with E-state index in [1.165, 1.54) is 220 Å². The van der Waals surface area contributed by atoms with Crippen LogP contribution in [0.4, 0.5) is 0 Å². The lowest BCUT2D eigenvalue weighted by atomic mass is 9.99. The van der Waals surface area contributed by atoms with Gasteiger partial charge < -0.3 is 22.8 Å². The summed E-state index contributed by atoms with van der Waals surface area (Å²) in [6.45, 7) is 42.7. The Bertz CT molecular complexity index is 7310. The van der Waals surface area contributed by atoms with Crippen LogP contribution in [0, 0.1) is 0 Å². The van der Waals surface area contributed by atoms with E-state index in [-0.39, 0.29) is 0 Å². The number of fused-ring (bicyclic) bond motifs is 33. The molecule has 0 atom stereocenters. The van der Waals surface area contributed by atoms with Crippen LogP contribution >= 0.6 is 0 Å². The molecule has 0 unspecified atom stereocenters. The lowest BCUT2D eigenvalue weighted by molar-refractivity contribution is 0.641. The summed E-state index contributed by atoms with van der Waals surface area (Å²) < 4.78 is 12.4. The average Bonchev–Trinajstić information content (AvgIpc) is 1.59. The highest BCUT2D eigenvalue weighted by Crippen LogP contribution is 2.51. The van der Waals surface area contributed by atoms with Gasteiger partial charge >= 0.3 is 0 Å². The number of hydrogen-bond acceptors (Lipinski definition) is 0. The van der Waals surface area contributed by atoms with Gasteiger partial charge in [0.25, 0.3) is 0 Å². The normalized spacial score (nSPS) is 12.2. The summed E-state index contributed by atoms with van der Waals surface area (Å²) in [7, 11) is 0.